The van der Waals surface area contributed by atoms with Crippen molar-refractivity contribution in [2.45, 2.75) is 122 Å². The van der Waals surface area contributed by atoms with Gasteiger partial charge in [-0.2, -0.15) is 0 Å². The van der Waals surface area contributed by atoms with Gasteiger partial charge < -0.3 is 11.3 Å². The number of aliphatic carboxylic acids is 1. The summed E-state index contributed by atoms with van der Waals surface area (Å²) in [6.45, 7) is 2.70. The van der Waals surface area contributed by atoms with Crippen LogP contribution in [0.2, 0.25) is 0 Å². The van der Waals surface area contributed by atoms with E-state index in [9.17, 15) is 9.59 Å². The molecule has 5 heteroatoms. The van der Waals surface area contributed by atoms with Crippen LogP contribution in [0.15, 0.2) is 0 Å². The van der Waals surface area contributed by atoms with Crippen LogP contribution in [0.3, 0.4) is 0 Å². The molecule has 0 aromatic heterocycles. The maximum atomic E-state index is 11.2. The molecule has 0 aliphatic heterocycles. The van der Waals surface area contributed by atoms with Gasteiger partial charge in [-0.05, 0) is 6.42 Å². The normalized spacial score (nSPS) is 10.4. The van der Waals surface area contributed by atoms with E-state index >= 15 is 0 Å². The number of hydrogen-bond donors (Lipinski definition) is 1. The predicted octanol–water partition coefficient (Wildman–Crippen LogP) is 3.77. The Kier molecular flexibility index (Phi) is 25.9. The number of carbonyl (C=O) groups excluding carboxylic acids is 1. The molecule has 0 amide bonds. The Morgan fingerprint density at radius 2 is 1.04 bits per heavy atom. The molecule has 0 heterocycles. The number of carboxylic acid groups (broad SMARTS) is 1. The van der Waals surface area contributed by atoms with E-state index < -0.39 is 11.9 Å². The van der Waals surface area contributed by atoms with Gasteiger partial charge in [0.05, 0.1) is 19.4 Å². The van der Waals surface area contributed by atoms with Crippen molar-refractivity contribution in [3.63, 3.8) is 0 Å². The van der Waals surface area contributed by atoms with Crippen LogP contribution in [0.25, 0.3) is 0 Å². The molecule has 0 atom stereocenters. The van der Waals surface area contributed by atoms with Gasteiger partial charge in [-0.15, -0.1) is 0 Å². The van der Waals surface area contributed by atoms with Crippen LogP contribution >= 0.6 is 0 Å². The van der Waals surface area contributed by atoms with Gasteiger partial charge >= 0.3 is 41.5 Å². The van der Waals surface area contributed by atoms with E-state index in [1.165, 1.54) is 89.9 Å². The number of unbranched alkanes of at least 4 members (excludes halogenated alkanes) is 15. The summed E-state index contributed by atoms with van der Waals surface area (Å²) in [6.07, 6.45) is 21.0. The molecule has 0 aromatic rings. The summed E-state index contributed by atoms with van der Waals surface area (Å²) in [7, 11) is 0. The molecule has 0 bridgehead atoms. The van der Waals surface area contributed by atoms with Crippen molar-refractivity contribution in [3.05, 3.63) is 0 Å². The Hall–Kier alpha value is -0.0600. The van der Waals surface area contributed by atoms with Gasteiger partial charge in [0.1, 0.15) is 0 Å². The van der Waals surface area contributed by atoms with E-state index in [2.05, 4.69) is 6.92 Å². The SMILES string of the molecule is CCCCCCCCCCCCCCCCCCOC(=O)CCC(=O)O.[H-].[Na+]. The summed E-state index contributed by atoms with van der Waals surface area (Å²) in [5, 5.41) is 8.47. The average molecular weight is 395 g/mol. The number of carbonyl (C=O) groups is 2. The van der Waals surface area contributed by atoms with E-state index in [-0.39, 0.29) is 43.8 Å². The summed E-state index contributed by atoms with van der Waals surface area (Å²) < 4.78 is 5.01. The second-order valence-electron chi connectivity index (χ2n) is 7.42. The fourth-order valence-electron chi connectivity index (χ4n) is 3.12. The Morgan fingerprint density at radius 1 is 0.667 bits per heavy atom. The van der Waals surface area contributed by atoms with Crippen LogP contribution in [-0.2, 0) is 14.3 Å². The van der Waals surface area contributed by atoms with Crippen LogP contribution in [0, 0.1) is 0 Å². The molecule has 0 aromatic carbocycles. The molecular weight excluding hydrogens is 351 g/mol. The van der Waals surface area contributed by atoms with Crippen molar-refractivity contribution in [2.75, 3.05) is 6.61 Å². The number of carboxylic acids is 1. The first-order chi connectivity index (χ1) is 12.7. The monoisotopic (exact) mass is 394 g/mol. The second-order valence-corrected chi connectivity index (χ2v) is 7.42. The van der Waals surface area contributed by atoms with Gasteiger partial charge in [0.25, 0.3) is 0 Å². The Bertz CT molecular complexity index is 340. The summed E-state index contributed by atoms with van der Waals surface area (Å²) >= 11 is 0. The third kappa shape index (κ3) is 25.9. The minimum absolute atomic E-state index is 0. The summed E-state index contributed by atoms with van der Waals surface area (Å²) in [6, 6.07) is 0. The molecule has 27 heavy (non-hydrogen) atoms. The van der Waals surface area contributed by atoms with E-state index in [1.807, 2.05) is 0 Å². The summed E-state index contributed by atoms with van der Waals surface area (Å²) in [4.78, 5) is 21.6. The smallest absolute Gasteiger partial charge is 1.00 e. The molecular formula is C22H43NaO4. The molecule has 0 fully saturated rings. The zero-order valence-electron chi connectivity index (χ0n) is 19.1. The Balaban J connectivity index is -0.00000312. The van der Waals surface area contributed by atoms with Crippen molar-refractivity contribution >= 4 is 11.9 Å². The van der Waals surface area contributed by atoms with E-state index in [0.717, 1.165) is 12.8 Å². The average Bonchev–Trinajstić information content (AvgIpc) is 2.62. The largest absolute Gasteiger partial charge is 1.00 e. The van der Waals surface area contributed by atoms with Crippen molar-refractivity contribution in [1.82, 2.24) is 0 Å². The summed E-state index contributed by atoms with van der Waals surface area (Å²) in [5.74, 6) is -1.35. The van der Waals surface area contributed by atoms with Gasteiger partial charge in [-0.1, -0.05) is 103 Å². The molecule has 1 N–H and O–H groups in total. The van der Waals surface area contributed by atoms with Crippen LogP contribution in [0.4, 0.5) is 0 Å². The topological polar surface area (TPSA) is 63.6 Å². The molecule has 0 aliphatic carbocycles. The summed E-state index contributed by atoms with van der Waals surface area (Å²) in [5.41, 5.74) is 0. The molecule has 4 nitrogen and oxygen atoms in total. The molecule has 156 valence electrons. The van der Waals surface area contributed by atoms with Crippen LogP contribution < -0.4 is 29.6 Å². The third-order valence-corrected chi connectivity index (χ3v) is 4.80. The van der Waals surface area contributed by atoms with E-state index in [1.54, 1.807) is 0 Å². The predicted molar refractivity (Wildman–Crippen MR) is 108 cm³/mol. The first-order valence-electron chi connectivity index (χ1n) is 11.0. The van der Waals surface area contributed by atoms with Crippen LogP contribution in [-0.4, -0.2) is 23.7 Å². The van der Waals surface area contributed by atoms with Gasteiger partial charge in [0, 0.05) is 0 Å². The third-order valence-electron chi connectivity index (χ3n) is 4.80. The van der Waals surface area contributed by atoms with Crippen molar-refractivity contribution in [1.29, 1.82) is 0 Å². The van der Waals surface area contributed by atoms with Crippen molar-refractivity contribution < 1.29 is 50.4 Å². The molecule has 0 spiro atoms. The molecule has 0 unspecified atom stereocenters. The Morgan fingerprint density at radius 3 is 1.41 bits per heavy atom. The van der Waals surface area contributed by atoms with Crippen LogP contribution in [0.1, 0.15) is 124 Å². The van der Waals surface area contributed by atoms with Crippen molar-refractivity contribution in [2.24, 2.45) is 0 Å². The second kappa shape index (κ2) is 24.0. The number of hydrogen-bond acceptors (Lipinski definition) is 3. The molecule has 0 rings (SSSR count). The minimum Gasteiger partial charge on any atom is -1.00 e. The van der Waals surface area contributed by atoms with Gasteiger partial charge in [-0.25, -0.2) is 0 Å². The number of esters is 1. The first kappa shape index (κ1) is 29.1. The minimum atomic E-state index is -0.954. The number of ether oxygens (including phenoxy) is 1. The fourth-order valence-corrected chi connectivity index (χ4v) is 3.12. The maximum Gasteiger partial charge on any atom is 1.00 e. The van der Waals surface area contributed by atoms with Crippen molar-refractivity contribution in [3.8, 4) is 0 Å². The zero-order chi connectivity index (χ0) is 19.3. The van der Waals surface area contributed by atoms with E-state index in [4.69, 9.17) is 9.84 Å². The molecule has 0 saturated heterocycles. The molecule has 0 aliphatic rings. The van der Waals surface area contributed by atoms with Crippen LogP contribution in [0.5, 0.6) is 0 Å². The van der Waals surface area contributed by atoms with E-state index in [0.29, 0.717) is 6.61 Å². The quantitative estimate of drug-likeness (QED) is 0.194. The Labute approximate surface area is 191 Å². The zero-order valence-corrected chi connectivity index (χ0v) is 20.1. The van der Waals surface area contributed by atoms with Gasteiger partial charge in [0.2, 0.25) is 0 Å². The molecule has 0 saturated carbocycles. The number of rotatable bonds is 20. The van der Waals surface area contributed by atoms with Gasteiger partial charge in [0.15, 0.2) is 0 Å². The molecule has 0 radical (unpaired) electrons. The fraction of sp³-hybridized carbons (Fsp3) is 0.909. The standard InChI is InChI=1S/C22H42O4.Na.H/c1-2-3-4-5-6-7-8-9-10-11-12-13-14-15-16-17-20-26-22(25)19-18-21(23)24;;/h2-20H2,1H3,(H,23,24);;/q;+1;-1. The maximum absolute atomic E-state index is 11.2. The first-order valence-corrected chi connectivity index (χ1v) is 11.0. The van der Waals surface area contributed by atoms with Gasteiger partial charge in [-0.3, -0.25) is 9.59 Å².